The van der Waals surface area contributed by atoms with Crippen molar-refractivity contribution in [2.45, 2.75) is 45.6 Å². The number of esters is 1. The maximum atomic E-state index is 11.2. The Kier molecular flexibility index (Phi) is 5.40. The highest BCUT2D eigenvalue weighted by Crippen LogP contribution is 2.33. The lowest BCUT2D eigenvalue weighted by Gasteiger charge is -2.39. The van der Waals surface area contributed by atoms with Gasteiger partial charge in [0.1, 0.15) is 6.04 Å². The number of nitrogens with zero attached hydrogens (tertiary/aromatic N) is 1. The van der Waals surface area contributed by atoms with Crippen molar-refractivity contribution >= 4 is 5.97 Å². The van der Waals surface area contributed by atoms with Gasteiger partial charge in [-0.1, -0.05) is 20.3 Å². The van der Waals surface area contributed by atoms with Gasteiger partial charge in [-0.2, -0.15) is 0 Å². The van der Waals surface area contributed by atoms with Crippen molar-refractivity contribution in [1.82, 2.24) is 4.90 Å². The maximum Gasteiger partial charge on any atom is 0.322 e. The molecule has 0 saturated carbocycles. The fraction of sp³-hybridized carbons (Fsp3) is 0.923. The first-order valence-corrected chi connectivity index (χ1v) is 6.56. The molecule has 100 valence electrons. The minimum Gasteiger partial charge on any atom is -0.468 e. The summed E-state index contributed by atoms with van der Waals surface area (Å²) in [6.45, 7) is 7.78. The first-order valence-electron chi connectivity index (χ1n) is 6.56. The zero-order chi connectivity index (χ0) is 12.9. The quantitative estimate of drug-likeness (QED) is 0.740. The zero-order valence-corrected chi connectivity index (χ0v) is 11.4. The summed E-state index contributed by atoms with van der Waals surface area (Å²) >= 11 is 0. The van der Waals surface area contributed by atoms with Crippen LogP contribution in [-0.2, 0) is 9.53 Å². The van der Waals surface area contributed by atoms with E-state index in [2.05, 4.69) is 23.5 Å². The number of likely N-dealkylation sites (tertiary alicyclic amines) is 1. The number of hydrogen-bond donors (Lipinski definition) is 1. The molecule has 1 rings (SSSR count). The Hall–Kier alpha value is -0.610. The SMILES string of the molecule is CCC1(C)CCN(CCC(N)C(=O)OC)CC1. The van der Waals surface area contributed by atoms with Gasteiger partial charge in [0.25, 0.3) is 0 Å². The molecule has 1 saturated heterocycles. The van der Waals surface area contributed by atoms with Crippen LogP contribution in [-0.4, -0.2) is 43.7 Å². The van der Waals surface area contributed by atoms with Gasteiger partial charge in [-0.25, -0.2) is 0 Å². The van der Waals surface area contributed by atoms with Crippen LogP contribution in [0.15, 0.2) is 0 Å². The second-order valence-electron chi connectivity index (χ2n) is 5.42. The fourth-order valence-corrected chi connectivity index (χ4v) is 2.26. The molecule has 17 heavy (non-hydrogen) atoms. The average Bonchev–Trinajstić information content (AvgIpc) is 2.36. The lowest BCUT2D eigenvalue weighted by molar-refractivity contribution is -0.142. The van der Waals surface area contributed by atoms with E-state index in [1.807, 2.05) is 0 Å². The molecule has 2 N–H and O–H groups in total. The second-order valence-corrected chi connectivity index (χ2v) is 5.42. The molecule has 0 aromatic rings. The minimum atomic E-state index is -0.473. The summed E-state index contributed by atoms with van der Waals surface area (Å²) in [6.07, 6.45) is 4.44. The smallest absolute Gasteiger partial charge is 0.322 e. The molecule has 0 bridgehead atoms. The van der Waals surface area contributed by atoms with Crippen LogP contribution in [0.25, 0.3) is 0 Å². The molecule has 1 aliphatic heterocycles. The Labute approximate surface area is 104 Å². The number of ether oxygens (including phenoxy) is 1. The summed E-state index contributed by atoms with van der Waals surface area (Å²) in [5.41, 5.74) is 6.24. The van der Waals surface area contributed by atoms with Crippen LogP contribution in [0.5, 0.6) is 0 Å². The number of methoxy groups -OCH3 is 1. The lowest BCUT2D eigenvalue weighted by Crippen LogP contribution is -2.41. The minimum absolute atomic E-state index is 0.305. The van der Waals surface area contributed by atoms with E-state index in [9.17, 15) is 4.79 Å². The molecule has 1 heterocycles. The number of carbonyl (C=O) groups is 1. The number of rotatable bonds is 5. The first kappa shape index (κ1) is 14.5. The third-order valence-corrected chi connectivity index (χ3v) is 4.18. The van der Waals surface area contributed by atoms with E-state index in [-0.39, 0.29) is 5.97 Å². The Morgan fingerprint density at radius 2 is 2.06 bits per heavy atom. The van der Waals surface area contributed by atoms with Gasteiger partial charge in [-0.3, -0.25) is 4.79 Å². The van der Waals surface area contributed by atoms with Crippen molar-refractivity contribution in [3.8, 4) is 0 Å². The van der Waals surface area contributed by atoms with Crippen LogP contribution in [0.3, 0.4) is 0 Å². The summed E-state index contributed by atoms with van der Waals surface area (Å²) in [7, 11) is 1.38. The molecule has 1 unspecified atom stereocenters. The number of nitrogens with two attached hydrogens (primary N) is 1. The van der Waals surface area contributed by atoms with Gasteiger partial charge < -0.3 is 15.4 Å². The molecular formula is C13H26N2O2. The summed E-state index contributed by atoms with van der Waals surface area (Å²) in [5, 5.41) is 0. The monoisotopic (exact) mass is 242 g/mol. The van der Waals surface area contributed by atoms with Crippen LogP contribution in [0.2, 0.25) is 0 Å². The van der Waals surface area contributed by atoms with Gasteiger partial charge in [-0.15, -0.1) is 0 Å². The van der Waals surface area contributed by atoms with Gasteiger partial charge in [-0.05, 0) is 37.8 Å². The Bertz CT molecular complexity index is 248. The topological polar surface area (TPSA) is 55.6 Å². The highest BCUT2D eigenvalue weighted by molar-refractivity contribution is 5.75. The standard InChI is InChI=1S/C13H26N2O2/c1-4-13(2)6-9-15(10-7-13)8-5-11(14)12(16)17-3/h11H,4-10,14H2,1-3H3. The molecule has 1 aliphatic rings. The Morgan fingerprint density at radius 1 is 1.47 bits per heavy atom. The van der Waals surface area contributed by atoms with E-state index in [4.69, 9.17) is 5.73 Å². The van der Waals surface area contributed by atoms with E-state index in [1.54, 1.807) is 0 Å². The van der Waals surface area contributed by atoms with Crippen LogP contribution in [0.1, 0.15) is 39.5 Å². The molecule has 1 atom stereocenters. The zero-order valence-electron chi connectivity index (χ0n) is 11.4. The van der Waals surface area contributed by atoms with Crippen molar-refractivity contribution in [2.75, 3.05) is 26.7 Å². The molecule has 0 aromatic heterocycles. The molecule has 0 spiro atoms. The van der Waals surface area contributed by atoms with Crippen LogP contribution in [0, 0.1) is 5.41 Å². The van der Waals surface area contributed by atoms with Crippen molar-refractivity contribution in [2.24, 2.45) is 11.1 Å². The molecule has 4 heteroatoms. The molecule has 1 fully saturated rings. The van der Waals surface area contributed by atoms with E-state index >= 15 is 0 Å². The third-order valence-electron chi connectivity index (χ3n) is 4.18. The largest absolute Gasteiger partial charge is 0.468 e. The predicted molar refractivity (Wildman–Crippen MR) is 68.7 cm³/mol. The molecule has 0 radical (unpaired) electrons. The van der Waals surface area contributed by atoms with E-state index < -0.39 is 6.04 Å². The van der Waals surface area contributed by atoms with Gasteiger partial charge in [0.05, 0.1) is 7.11 Å². The van der Waals surface area contributed by atoms with E-state index in [1.165, 1.54) is 26.4 Å². The summed E-state index contributed by atoms with van der Waals surface area (Å²) in [4.78, 5) is 13.6. The van der Waals surface area contributed by atoms with Gasteiger partial charge in [0, 0.05) is 6.54 Å². The van der Waals surface area contributed by atoms with Crippen LogP contribution in [0.4, 0.5) is 0 Å². The molecular weight excluding hydrogens is 216 g/mol. The van der Waals surface area contributed by atoms with Crippen molar-refractivity contribution < 1.29 is 9.53 Å². The van der Waals surface area contributed by atoms with Crippen LogP contribution >= 0.6 is 0 Å². The van der Waals surface area contributed by atoms with Crippen LogP contribution < -0.4 is 5.73 Å². The molecule has 4 nitrogen and oxygen atoms in total. The first-order chi connectivity index (χ1) is 8.00. The number of carbonyl (C=O) groups excluding carboxylic acids is 1. The Morgan fingerprint density at radius 3 is 2.53 bits per heavy atom. The van der Waals surface area contributed by atoms with Gasteiger partial charge in [0.2, 0.25) is 0 Å². The second kappa shape index (κ2) is 6.36. The molecule has 0 aromatic carbocycles. The normalized spacial score (nSPS) is 22.1. The van der Waals surface area contributed by atoms with Gasteiger partial charge >= 0.3 is 5.97 Å². The van der Waals surface area contributed by atoms with E-state index in [0.29, 0.717) is 11.8 Å². The summed E-state index contributed by atoms with van der Waals surface area (Å²) < 4.78 is 4.62. The molecule has 0 aliphatic carbocycles. The summed E-state index contributed by atoms with van der Waals surface area (Å²) in [5.74, 6) is -0.305. The maximum absolute atomic E-state index is 11.2. The Balaban J connectivity index is 2.25. The molecule has 0 amide bonds. The fourth-order valence-electron chi connectivity index (χ4n) is 2.26. The van der Waals surface area contributed by atoms with Gasteiger partial charge in [0.15, 0.2) is 0 Å². The van der Waals surface area contributed by atoms with Crippen molar-refractivity contribution in [3.63, 3.8) is 0 Å². The number of piperidine rings is 1. The number of hydrogen-bond acceptors (Lipinski definition) is 4. The third kappa shape index (κ3) is 4.28. The van der Waals surface area contributed by atoms with Crippen molar-refractivity contribution in [3.05, 3.63) is 0 Å². The highest BCUT2D eigenvalue weighted by Gasteiger charge is 2.28. The van der Waals surface area contributed by atoms with E-state index in [0.717, 1.165) is 19.6 Å². The van der Waals surface area contributed by atoms with Crippen molar-refractivity contribution in [1.29, 1.82) is 0 Å². The predicted octanol–water partition coefficient (Wildman–Crippen LogP) is 1.39. The summed E-state index contributed by atoms with van der Waals surface area (Å²) in [6, 6.07) is -0.473. The average molecular weight is 242 g/mol. The highest BCUT2D eigenvalue weighted by atomic mass is 16.5. The lowest BCUT2D eigenvalue weighted by atomic mass is 9.78.